The van der Waals surface area contributed by atoms with E-state index in [0.717, 1.165) is 32.1 Å². The van der Waals surface area contributed by atoms with E-state index in [-0.39, 0.29) is 18.9 Å². The highest BCUT2D eigenvalue weighted by atomic mass is 16.7. The van der Waals surface area contributed by atoms with Crippen LogP contribution in [0.2, 0.25) is 0 Å². The molecule has 0 aromatic rings. The summed E-state index contributed by atoms with van der Waals surface area (Å²) in [6, 6.07) is -0.905. The fourth-order valence-electron chi connectivity index (χ4n) is 9.06. The molecule has 390 valence electrons. The van der Waals surface area contributed by atoms with Gasteiger partial charge in [0.2, 0.25) is 5.91 Å². The first-order valence-electron chi connectivity index (χ1n) is 26.9. The zero-order valence-corrected chi connectivity index (χ0v) is 41.5. The van der Waals surface area contributed by atoms with Gasteiger partial charge in [-0.3, -0.25) is 4.79 Å². The molecule has 2 rings (SSSR count). The quantitative estimate of drug-likeness (QED) is 0.0213. The Hall–Kier alpha value is -1.27. The molecule has 2 aliphatic heterocycles. The lowest BCUT2D eigenvalue weighted by molar-refractivity contribution is -0.359. The van der Waals surface area contributed by atoms with Gasteiger partial charge < -0.3 is 65.1 Å². The van der Waals surface area contributed by atoms with Crippen LogP contribution in [0, 0.1) is 0 Å². The lowest BCUT2D eigenvalue weighted by atomic mass is 9.97. The zero-order valence-electron chi connectivity index (χ0n) is 41.5. The molecule has 66 heavy (non-hydrogen) atoms. The summed E-state index contributed by atoms with van der Waals surface area (Å²) in [5.74, 6) is -0.263. The van der Waals surface area contributed by atoms with Gasteiger partial charge in [0.25, 0.3) is 0 Å². The second kappa shape index (κ2) is 39.5. The highest BCUT2D eigenvalue weighted by Crippen LogP contribution is 2.30. The van der Waals surface area contributed by atoms with Crippen molar-refractivity contribution in [3.05, 3.63) is 12.2 Å². The molecule has 2 heterocycles. The first-order valence-corrected chi connectivity index (χ1v) is 26.9. The van der Waals surface area contributed by atoms with Crippen LogP contribution < -0.4 is 5.32 Å². The number of ether oxygens (including phenoxy) is 4. The fourth-order valence-corrected chi connectivity index (χ4v) is 9.06. The zero-order chi connectivity index (χ0) is 48.2. The number of unbranched alkanes of at least 4 members (excludes halogenated alkanes) is 29. The van der Waals surface area contributed by atoms with Crippen LogP contribution in [0.4, 0.5) is 0 Å². The minimum atomic E-state index is -1.78. The van der Waals surface area contributed by atoms with E-state index < -0.39 is 86.8 Å². The summed E-state index contributed by atoms with van der Waals surface area (Å²) in [5, 5.41) is 86.1. The standard InChI is InChI=1S/C52H99NO13/c1-3-5-7-8-9-10-11-12-13-14-15-16-17-18-19-20-21-22-23-24-25-26-27-28-29-30-31-32-34-35-41(56)40(53-44(57)36-33-6-4-2)39-63-51-49(62)47(60)50(43(38-55)65-51)66-52-48(61)46(59)45(58)42(37-54)64-52/h34-35,40-43,45-52,54-56,58-62H,3-33,36-39H2,1-2H3,(H,53,57)/b35-34+. The van der Waals surface area contributed by atoms with E-state index in [1.165, 1.54) is 161 Å². The predicted molar refractivity (Wildman–Crippen MR) is 259 cm³/mol. The van der Waals surface area contributed by atoms with Crippen molar-refractivity contribution in [1.29, 1.82) is 0 Å². The van der Waals surface area contributed by atoms with Gasteiger partial charge in [-0.1, -0.05) is 206 Å². The van der Waals surface area contributed by atoms with Crippen LogP contribution in [0.5, 0.6) is 0 Å². The molecule has 0 aromatic carbocycles. The van der Waals surface area contributed by atoms with Crippen LogP contribution in [-0.2, 0) is 23.7 Å². The summed E-state index contributed by atoms with van der Waals surface area (Å²) in [5.41, 5.74) is 0. The van der Waals surface area contributed by atoms with Gasteiger partial charge in [-0.25, -0.2) is 0 Å². The van der Waals surface area contributed by atoms with Gasteiger partial charge in [0.15, 0.2) is 12.6 Å². The number of allylic oxidation sites excluding steroid dienone is 1. The topological polar surface area (TPSA) is 228 Å². The van der Waals surface area contributed by atoms with Crippen LogP contribution in [-0.4, -0.2) is 140 Å². The number of aliphatic hydroxyl groups is 8. The average Bonchev–Trinajstić information content (AvgIpc) is 3.31. The van der Waals surface area contributed by atoms with E-state index in [1.807, 2.05) is 13.0 Å². The van der Waals surface area contributed by atoms with Crippen LogP contribution >= 0.6 is 0 Å². The second-order valence-electron chi connectivity index (χ2n) is 19.4. The molecule has 2 saturated heterocycles. The van der Waals surface area contributed by atoms with Crippen LogP contribution in [0.15, 0.2) is 12.2 Å². The van der Waals surface area contributed by atoms with E-state index in [2.05, 4.69) is 12.2 Å². The number of amides is 1. The number of aliphatic hydroxyl groups excluding tert-OH is 8. The first kappa shape index (κ1) is 60.9. The number of rotatable bonds is 42. The summed E-state index contributed by atoms with van der Waals surface area (Å²) < 4.78 is 22.5. The predicted octanol–water partition coefficient (Wildman–Crippen LogP) is 7.55. The highest BCUT2D eigenvalue weighted by molar-refractivity contribution is 5.76. The van der Waals surface area contributed by atoms with Gasteiger partial charge in [-0.15, -0.1) is 0 Å². The SMILES string of the molecule is CCCCCCCCCCCCCCCCCCCCCCCCCCCCC/C=C/C(O)C(COC1OC(CO)C(OC2OC(CO)C(O)C(O)C2O)C(O)C1O)NC(=O)CCCCC. The van der Waals surface area contributed by atoms with Gasteiger partial charge in [0.05, 0.1) is 32.0 Å². The molecule has 0 saturated carbocycles. The maximum absolute atomic E-state index is 12.8. The van der Waals surface area contributed by atoms with Gasteiger partial charge in [0.1, 0.15) is 48.8 Å². The summed E-state index contributed by atoms with van der Waals surface area (Å²) in [6.07, 6.45) is 26.8. The molecule has 0 radical (unpaired) electrons. The molecule has 12 unspecified atom stereocenters. The van der Waals surface area contributed by atoms with E-state index in [0.29, 0.717) is 6.42 Å². The van der Waals surface area contributed by atoms with Crippen molar-refractivity contribution in [2.24, 2.45) is 0 Å². The number of hydrogen-bond donors (Lipinski definition) is 9. The maximum Gasteiger partial charge on any atom is 0.220 e. The molecule has 0 aromatic heterocycles. The third kappa shape index (κ3) is 26.1. The molecule has 14 heteroatoms. The van der Waals surface area contributed by atoms with E-state index in [9.17, 15) is 45.6 Å². The lowest BCUT2D eigenvalue weighted by Gasteiger charge is -2.46. The van der Waals surface area contributed by atoms with Crippen molar-refractivity contribution in [3.63, 3.8) is 0 Å². The Morgan fingerprint density at radius 3 is 1.39 bits per heavy atom. The summed E-state index contributed by atoms with van der Waals surface area (Å²) in [4.78, 5) is 12.8. The van der Waals surface area contributed by atoms with Gasteiger partial charge >= 0.3 is 0 Å². The number of carbonyl (C=O) groups excluding carboxylic acids is 1. The Labute approximate surface area is 399 Å². The Morgan fingerprint density at radius 2 is 0.939 bits per heavy atom. The second-order valence-corrected chi connectivity index (χ2v) is 19.4. The molecular weight excluding hydrogens is 847 g/mol. The van der Waals surface area contributed by atoms with Crippen molar-refractivity contribution >= 4 is 5.91 Å². The number of carbonyl (C=O) groups is 1. The fraction of sp³-hybridized carbons (Fsp3) is 0.942. The third-order valence-corrected chi connectivity index (χ3v) is 13.5. The van der Waals surface area contributed by atoms with Crippen LogP contribution in [0.1, 0.15) is 219 Å². The largest absolute Gasteiger partial charge is 0.394 e. The molecule has 9 N–H and O–H groups in total. The van der Waals surface area contributed by atoms with Crippen molar-refractivity contribution < 1.29 is 64.6 Å². The maximum atomic E-state index is 12.8. The Balaban J connectivity index is 1.58. The van der Waals surface area contributed by atoms with Crippen molar-refractivity contribution in [2.45, 2.75) is 293 Å². The molecule has 14 nitrogen and oxygen atoms in total. The van der Waals surface area contributed by atoms with Crippen molar-refractivity contribution in [3.8, 4) is 0 Å². The summed E-state index contributed by atoms with van der Waals surface area (Å²) in [7, 11) is 0. The Bertz CT molecular complexity index is 1160. The monoisotopic (exact) mass is 946 g/mol. The Morgan fingerprint density at radius 1 is 0.530 bits per heavy atom. The minimum Gasteiger partial charge on any atom is -0.394 e. The van der Waals surface area contributed by atoms with Crippen LogP contribution in [0.25, 0.3) is 0 Å². The van der Waals surface area contributed by atoms with Gasteiger partial charge in [0, 0.05) is 6.42 Å². The van der Waals surface area contributed by atoms with Crippen molar-refractivity contribution in [1.82, 2.24) is 5.32 Å². The molecule has 2 aliphatic rings. The highest BCUT2D eigenvalue weighted by Gasteiger charge is 2.51. The molecule has 2 fully saturated rings. The molecule has 0 aliphatic carbocycles. The first-order chi connectivity index (χ1) is 32.1. The number of nitrogens with one attached hydrogen (secondary N) is 1. The summed E-state index contributed by atoms with van der Waals surface area (Å²) >= 11 is 0. The molecule has 1 amide bonds. The molecule has 0 bridgehead atoms. The Kier molecular flexibility index (Phi) is 36.4. The average molecular weight is 946 g/mol. The van der Waals surface area contributed by atoms with Gasteiger partial charge in [-0.05, 0) is 19.3 Å². The molecule has 12 atom stereocenters. The normalized spacial score (nSPS) is 26.8. The van der Waals surface area contributed by atoms with Crippen molar-refractivity contribution in [2.75, 3.05) is 19.8 Å². The molecule has 0 spiro atoms. The van der Waals surface area contributed by atoms with Crippen LogP contribution in [0.3, 0.4) is 0 Å². The molecular formula is C52H99NO13. The third-order valence-electron chi connectivity index (χ3n) is 13.5. The van der Waals surface area contributed by atoms with Gasteiger partial charge in [-0.2, -0.15) is 0 Å². The van der Waals surface area contributed by atoms with E-state index in [1.54, 1.807) is 6.08 Å². The van der Waals surface area contributed by atoms with E-state index in [4.69, 9.17) is 18.9 Å². The lowest BCUT2D eigenvalue weighted by Crippen LogP contribution is -2.65. The smallest absolute Gasteiger partial charge is 0.220 e. The van der Waals surface area contributed by atoms with E-state index >= 15 is 0 Å². The minimum absolute atomic E-state index is 0.263. The number of hydrogen-bond acceptors (Lipinski definition) is 13. The summed E-state index contributed by atoms with van der Waals surface area (Å²) in [6.45, 7) is 2.61.